The van der Waals surface area contributed by atoms with Gasteiger partial charge in [-0.3, -0.25) is 9.63 Å². The first kappa shape index (κ1) is 17.7. The van der Waals surface area contributed by atoms with E-state index in [2.05, 4.69) is 22.4 Å². The van der Waals surface area contributed by atoms with E-state index in [-0.39, 0.29) is 5.95 Å². The molecule has 1 aromatic carbocycles. The number of fused-ring (bicyclic) bond motifs is 1. The number of rotatable bonds is 8. The van der Waals surface area contributed by atoms with Crippen molar-refractivity contribution in [3.8, 4) is 0 Å². The van der Waals surface area contributed by atoms with Gasteiger partial charge in [-0.25, -0.2) is 10.5 Å². The van der Waals surface area contributed by atoms with E-state index >= 15 is 0 Å². The van der Waals surface area contributed by atoms with E-state index in [4.69, 9.17) is 16.3 Å². The smallest absolute Gasteiger partial charge is 0.248 e. The Morgan fingerprint density at radius 1 is 1.23 bits per heavy atom. The first-order valence-corrected chi connectivity index (χ1v) is 8.47. The molecule has 2 heterocycles. The number of hydrogen-bond acceptors (Lipinski definition) is 6. The van der Waals surface area contributed by atoms with Gasteiger partial charge in [-0.05, 0) is 30.2 Å². The van der Waals surface area contributed by atoms with E-state index in [1.807, 2.05) is 29.0 Å². The lowest BCUT2D eigenvalue weighted by Crippen LogP contribution is -2.11. The molecule has 0 saturated heterocycles. The first-order valence-electron chi connectivity index (χ1n) is 8.47. The van der Waals surface area contributed by atoms with Crippen LogP contribution >= 0.6 is 0 Å². The molecule has 0 fully saturated rings. The molecule has 0 saturated carbocycles. The molecular weight excluding hydrogens is 332 g/mol. The molecule has 3 rings (SSSR count). The molecule has 0 aliphatic carbocycles. The number of primary amides is 1. The van der Waals surface area contributed by atoms with Gasteiger partial charge in [0.25, 0.3) is 0 Å². The predicted octanol–water partition coefficient (Wildman–Crippen LogP) is 2.30. The van der Waals surface area contributed by atoms with E-state index in [0.717, 1.165) is 29.4 Å². The van der Waals surface area contributed by atoms with Crippen LogP contribution in [0.2, 0.25) is 0 Å². The number of carbonyl (C=O) groups excluding carboxylic acids is 1. The van der Waals surface area contributed by atoms with Crippen molar-refractivity contribution in [3.05, 3.63) is 47.7 Å². The fraction of sp³-hybridized carbons (Fsp3) is 0.278. The van der Waals surface area contributed by atoms with E-state index in [1.54, 1.807) is 12.1 Å². The number of aromatic nitrogens is 3. The predicted molar refractivity (Wildman–Crippen MR) is 100 cm³/mol. The quantitative estimate of drug-likeness (QED) is 0.421. The molecule has 0 unspecified atom stereocenters. The lowest BCUT2D eigenvalue weighted by Gasteiger charge is -2.11. The summed E-state index contributed by atoms with van der Waals surface area (Å²) in [6, 6.07) is 9.04. The second kappa shape index (κ2) is 7.83. The molecule has 5 N–H and O–H groups in total. The van der Waals surface area contributed by atoms with E-state index < -0.39 is 5.91 Å². The third-order valence-electron chi connectivity index (χ3n) is 3.99. The molecule has 0 bridgehead atoms. The summed E-state index contributed by atoms with van der Waals surface area (Å²) in [5, 5.41) is 0. The second-order valence-corrected chi connectivity index (χ2v) is 5.97. The number of nitrogens with two attached hydrogens (primary N) is 2. The van der Waals surface area contributed by atoms with Gasteiger partial charge in [0.2, 0.25) is 11.9 Å². The topological polar surface area (TPSA) is 121 Å². The Balaban J connectivity index is 1.87. The fourth-order valence-corrected chi connectivity index (χ4v) is 2.63. The third-order valence-corrected chi connectivity index (χ3v) is 3.99. The van der Waals surface area contributed by atoms with Crippen LogP contribution in [0, 0.1) is 0 Å². The molecule has 8 heteroatoms. The van der Waals surface area contributed by atoms with Crippen molar-refractivity contribution in [2.75, 3.05) is 17.8 Å². The summed E-state index contributed by atoms with van der Waals surface area (Å²) in [6.07, 6.45) is 3.91. The molecule has 0 spiro atoms. The minimum atomic E-state index is -0.442. The summed E-state index contributed by atoms with van der Waals surface area (Å²) < 4.78 is 2.00. The van der Waals surface area contributed by atoms with Crippen LogP contribution < -0.4 is 16.9 Å². The molecule has 0 aliphatic rings. The van der Waals surface area contributed by atoms with Crippen molar-refractivity contribution in [1.82, 2.24) is 14.5 Å². The molecule has 3 aromatic rings. The first-order chi connectivity index (χ1) is 12.6. The number of nitrogens with one attached hydrogen (secondary N) is 1. The van der Waals surface area contributed by atoms with Crippen LogP contribution in [-0.4, -0.2) is 27.0 Å². The van der Waals surface area contributed by atoms with Crippen LogP contribution in [-0.2, 0) is 11.4 Å². The normalized spacial score (nSPS) is 11.0. The molecule has 0 atom stereocenters. The summed E-state index contributed by atoms with van der Waals surface area (Å²) >= 11 is 0. The Hall–Kier alpha value is -3.13. The average molecular weight is 354 g/mol. The number of amides is 1. The summed E-state index contributed by atoms with van der Waals surface area (Å²) in [7, 11) is 0. The van der Waals surface area contributed by atoms with Crippen molar-refractivity contribution in [2.24, 2.45) is 5.73 Å². The number of unbranched alkanes of at least 4 members (excludes halogenated alkanes) is 1. The van der Waals surface area contributed by atoms with Gasteiger partial charge in [-0.2, -0.15) is 4.98 Å². The summed E-state index contributed by atoms with van der Waals surface area (Å²) in [6.45, 7) is 3.26. The molecule has 2 aromatic heterocycles. The van der Waals surface area contributed by atoms with Gasteiger partial charge in [0.15, 0.2) is 5.82 Å². The lowest BCUT2D eigenvalue weighted by atomic mass is 10.1. The fourth-order valence-electron chi connectivity index (χ4n) is 2.63. The van der Waals surface area contributed by atoms with Crippen molar-refractivity contribution in [2.45, 2.75) is 26.3 Å². The Bertz CT molecular complexity index is 904. The highest BCUT2D eigenvalue weighted by Crippen LogP contribution is 2.23. The zero-order chi connectivity index (χ0) is 18.5. The van der Waals surface area contributed by atoms with Crippen LogP contribution in [0.15, 0.2) is 36.5 Å². The molecule has 0 radical (unpaired) electrons. The Morgan fingerprint density at radius 3 is 2.69 bits per heavy atom. The van der Waals surface area contributed by atoms with Crippen LogP contribution in [0.4, 0.5) is 11.8 Å². The van der Waals surface area contributed by atoms with Gasteiger partial charge in [0.1, 0.15) is 5.52 Å². The van der Waals surface area contributed by atoms with Gasteiger partial charge in [-0.1, -0.05) is 25.5 Å². The number of hydrogen-bond donors (Lipinski definition) is 3. The second-order valence-electron chi connectivity index (χ2n) is 5.97. The van der Waals surface area contributed by atoms with Gasteiger partial charge in [0, 0.05) is 18.3 Å². The van der Waals surface area contributed by atoms with Crippen molar-refractivity contribution >= 4 is 28.7 Å². The highest BCUT2D eigenvalue weighted by Gasteiger charge is 2.12. The van der Waals surface area contributed by atoms with Gasteiger partial charge >= 0.3 is 0 Å². The van der Waals surface area contributed by atoms with Crippen LogP contribution in [0.1, 0.15) is 35.7 Å². The molecule has 0 aliphatic heterocycles. The Labute approximate surface area is 151 Å². The van der Waals surface area contributed by atoms with E-state index in [0.29, 0.717) is 24.5 Å². The highest BCUT2D eigenvalue weighted by atomic mass is 16.6. The van der Waals surface area contributed by atoms with E-state index in [9.17, 15) is 4.79 Å². The van der Waals surface area contributed by atoms with Gasteiger partial charge in [0.05, 0.1) is 12.1 Å². The summed E-state index contributed by atoms with van der Waals surface area (Å²) in [4.78, 5) is 25.2. The molecule has 136 valence electrons. The molecular formula is C18H22N6O2. The summed E-state index contributed by atoms with van der Waals surface area (Å²) in [5.41, 5.74) is 17.0. The minimum Gasteiger partial charge on any atom is -0.368 e. The third kappa shape index (κ3) is 3.92. The SMILES string of the molecule is CCCCONc1nc(N)nc2ccn(Cc3ccc(C(N)=O)cc3)c12. The van der Waals surface area contributed by atoms with Crippen LogP contribution in [0.5, 0.6) is 0 Å². The summed E-state index contributed by atoms with van der Waals surface area (Å²) in [5.74, 6) is 0.271. The maximum atomic E-state index is 11.2. The van der Waals surface area contributed by atoms with Crippen LogP contribution in [0.3, 0.4) is 0 Å². The largest absolute Gasteiger partial charge is 0.368 e. The molecule has 26 heavy (non-hydrogen) atoms. The Kier molecular flexibility index (Phi) is 5.33. The number of carbonyl (C=O) groups is 1. The molecule has 1 amide bonds. The van der Waals surface area contributed by atoms with Crippen molar-refractivity contribution in [3.63, 3.8) is 0 Å². The number of anilines is 2. The number of nitrogens with zero attached hydrogens (tertiary/aromatic N) is 3. The minimum absolute atomic E-state index is 0.183. The van der Waals surface area contributed by atoms with Crippen LogP contribution in [0.25, 0.3) is 11.0 Å². The zero-order valence-corrected chi connectivity index (χ0v) is 14.6. The monoisotopic (exact) mass is 354 g/mol. The zero-order valence-electron chi connectivity index (χ0n) is 14.6. The van der Waals surface area contributed by atoms with Crippen molar-refractivity contribution in [1.29, 1.82) is 0 Å². The maximum Gasteiger partial charge on any atom is 0.248 e. The molecule has 8 nitrogen and oxygen atoms in total. The number of nitrogen functional groups attached to an aromatic ring is 1. The van der Waals surface area contributed by atoms with Crippen molar-refractivity contribution < 1.29 is 9.63 Å². The maximum absolute atomic E-state index is 11.2. The Morgan fingerprint density at radius 2 is 2.00 bits per heavy atom. The van der Waals surface area contributed by atoms with Gasteiger partial charge in [-0.15, -0.1) is 0 Å². The average Bonchev–Trinajstić information content (AvgIpc) is 3.01. The standard InChI is InChI=1S/C18H22N6O2/c1-2-3-10-26-23-17-15-14(21-18(20)22-17)8-9-24(15)11-12-4-6-13(7-5-12)16(19)25/h4-9H,2-3,10-11H2,1H3,(H2,19,25)(H3,20,21,22,23). The highest BCUT2D eigenvalue weighted by molar-refractivity contribution is 5.92. The number of benzene rings is 1. The lowest BCUT2D eigenvalue weighted by molar-refractivity contribution is 0.100. The van der Waals surface area contributed by atoms with E-state index in [1.165, 1.54) is 0 Å². The van der Waals surface area contributed by atoms with Gasteiger partial charge < -0.3 is 16.0 Å².